The molecule has 0 amide bonds. The number of ether oxygens (including phenoxy) is 1. The molecule has 0 saturated heterocycles. The average molecular weight is 260 g/mol. The van der Waals surface area contributed by atoms with Crippen LogP contribution in [-0.2, 0) is 0 Å². The van der Waals surface area contributed by atoms with E-state index in [1.54, 1.807) is 12.3 Å². The van der Waals surface area contributed by atoms with E-state index < -0.39 is 0 Å². The lowest BCUT2D eigenvalue weighted by atomic mass is 10.3. The Bertz CT molecular complexity index is 306. The van der Waals surface area contributed by atoms with Crippen LogP contribution in [0.25, 0.3) is 0 Å². The minimum atomic E-state index is 0.504. The summed E-state index contributed by atoms with van der Waals surface area (Å²) in [4.78, 5) is 3.92. The van der Waals surface area contributed by atoms with Crippen LogP contribution < -0.4 is 4.74 Å². The molecule has 0 unspecified atom stereocenters. The Morgan fingerprint density at radius 2 is 2.45 bits per heavy atom. The molecular weight excluding hydrogens is 255 g/mol. The Labute approximate surface area is 78.1 Å². The van der Waals surface area contributed by atoms with Crippen molar-refractivity contribution in [1.29, 1.82) is 5.26 Å². The number of halogens is 1. The lowest BCUT2D eigenvalue weighted by Gasteiger charge is -2.00. The maximum absolute atomic E-state index is 8.60. The number of methoxy groups -OCH3 is 1. The topological polar surface area (TPSA) is 45.9 Å². The largest absolute Gasteiger partial charge is 0.480 e. The van der Waals surface area contributed by atoms with Gasteiger partial charge < -0.3 is 4.74 Å². The molecule has 0 N–H and O–H groups in total. The molecular formula is C7H5IN2O. The fraction of sp³-hybridized carbons (Fsp3) is 0.143. The molecule has 1 aromatic heterocycles. The molecule has 1 rings (SSSR count). The standard InChI is InChI=1S/C7H5IN2O/c1-11-7-6(8)5(4-9)2-3-10-7/h2-3H,1H3. The fourth-order valence-electron chi connectivity index (χ4n) is 0.653. The van der Waals surface area contributed by atoms with Gasteiger partial charge in [0.15, 0.2) is 0 Å². The molecule has 0 bridgehead atoms. The van der Waals surface area contributed by atoms with Crippen LogP contribution in [0.15, 0.2) is 12.3 Å². The molecule has 0 aromatic carbocycles. The van der Waals surface area contributed by atoms with Crippen molar-refractivity contribution in [3.8, 4) is 11.9 Å². The summed E-state index contributed by atoms with van der Waals surface area (Å²) in [5.74, 6) is 0.504. The first-order chi connectivity index (χ1) is 5.29. The summed E-state index contributed by atoms with van der Waals surface area (Å²) in [5, 5.41) is 8.60. The van der Waals surface area contributed by atoms with Crippen molar-refractivity contribution in [3.63, 3.8) is 0 Å². The molecule has 0 aliphatic heterocycles. The molecule has 0 saturated carbocycles. The Morgan fingerprint density at radius 1 is 1.73 bits per heavy atom. The van der Waals surface area contributed by atoms with Gasteiger partial charge in [0.05, 0.1) is 16.2 Å². The van der Waals surface area contributed by atoms with Crippen LogP contribution >= 0.6 is 22.6 Å². The van der Waals surface area contributed by atoms with E-state index in [1.807, 2.05) is 28.7 Å². The Kier molecular flexibility index (Phi) is 2.65. The molecule has 11 heavy (non-hydrogen) atoms. The smallest absolute Gasteiger partial charge is 0.228 e. The maximum Gasteiger partial charge on any atom is 0.228 e. The first kappa shape index (κ1) is 8.27. The van der Waals surface area contributed by atoms with E-state index >= 15 is 0 Å². The zero-order valence-corrected chi connectivity index (χ0v) is 7.99. The lowest BCUT2D eigenvalue weighted by Crippen LogP contribution is -1.92. The van der Waals surface area contributed by atoms with Gasteiger partial charge in [0, 0.05) is 6.20 Å². The Hall–Kier alpha value is -0.830. The molecule has 0 fully saturated rings. The van der Waals surface area contributed by atoms with Gasteiger partial charge in [-0.1, -0.05) is 0 Å². The van der Waals surface area contributed by atoms with Crippen LogP contribution in [0.3, 0.4) is 0 Å². The summed E-state index contributed by atoms with van der Waals surface area (Å²) < 4.78 is 5.68. The van der Waals surface area contributed by atoms with E-state index in [9.17, 15) is 0 Å². The number of hydrogen-bond acceptors (Lipinski definition) is 3. The summed E-state index contributed by atoms with van der Waals surface area (Å²) in [6, 6.07) is 3.70. The van der Waals surface area contributed by atoms with Gasteiger partial charge in [0.1, 0.15) is 6.07 Å². The summed E-state index contributed by atoms with van der Waals surface area (Å²) in [5.41, 5.74) is 0.595. The van der Waals surface area contributed by atoms with Gasteiger partial charge in [-0.2, -0.15) is 5.26 Å². The number of nitrogens with zero attached hydrogens (tertiary/aromatic N) is 2. The van der Waals surface area contributed by atoms with Crippen molar-refractivity contribution in [1.82, 2.24) is 4.98 Å². The molecule has 0 aliphatic carbocycles. The van der Waals surface area contributed by atoms with Crippen LogP contribution in [-0.4, -0.2) is 12.1 Å². The van der Waals surface area contributed by atoms with E-state index in [2.05, 4.69) is 4.98 Å². The third-order valence-electron chi connectivity index (χ3n) is 1.17. The van der Waals surface area contributed by atoms with Crippen molar-refractivity contribution in [2.45, 2.75) is 0 Å². The minimum absolute atomic E-state index is 0.504. The molecule has 1 heterocycles. The van der Waals surface area contributed by atoms with Gasteiger partial charge in [-0.3, -0.25) is 0 Å². The van der Waals surface area contributed by atoms with Gasteiger partial charge in [-0.15, -0.1) is 0 Å². The first-order valence-corrected chi connectivity index (χ1v) is 3.96. The average Bonchev–Trinajstić information content (AvgIpc) is 2.05. The summed E-state index contributed by atoms with van der Waals surface area (Å²) in [7, 11) is 1.53. The number of pyridine rings is 1. The highest BCUT2D eigenvalue weighted by molar-refractivity contribution is 14.1. The number of hydrogen-bond donors (Lipinski definition) is 0. The van der Waals surface area contributed by atoms with Crippen LogP contribution in [0.4, 0.5) is 0 Å². The van der Waals surface area contributed by atoms with Gasteiger partial charge in [-0.25, -0.2) is 4.98 Å². The highest BCUT2D eigenvalue weighted by atomic mass is 127. The molecule has 0 aliphatic rings. The van der Waals surface area contributed by atoms with Gasteiger partial charge >= 0.3 is 0 Å². The van der Waals surface area contributed by atoms with E-state index in [-0.39, 0.29) is 0 Å². The second-order valence-electron chi connectivity index (χ2n) is 1.79. The highest BCUT2D eigenvalue weighted by Crippen LogP contribution is 2.19. The highest BCUT2D eigenvalue weighted by Gasteiger charge is 2.04. The van der Waals surface area contributed by atoms with E-state index in [0.717, 1.165) is 3.57 Å². The number of nitriles is 1. The summed E-state index contributed by atoms with van der Waals surface area (Å²) >= 11 is 2.03. The second kappa shape index (κ2) is 3.53. The van der Waals surface area contributed by atoms with Gasteiger partial charge in [0.2, 0.25) is 5.88 Å². The molecule has 0 radical (unpaired) electrons. The lowest BCUT2D eigenvalue weighted by molar-refractivity contribution is 0.394. The van der Waals surface area contributed by atoms with E-state index in [4.69, 9.17) is 10.00 Å². The monoisotopic (exact) mass is 260 g/mol. The Morgan fingerprint density at radius 3 is 3.00 bits per heavy atom. The number of rotatable bonds is 1. The quantitative estimate of drug-likeness (QED) is 0.720. The predicted octanol–water partition coefficient (Wildman–Crippen LogP) is 1.57. The van der Waals surface area contributed by atoms with Crippen molar-refractivity contribution in [2.75, 3.05) is 7.11 Å². The Balaban J connectivity index is 3.23. The first-order valence-electron chi connectivity index (χ1n) is 2.88. The molecule has 1 aromatic rings. The van der Waals surface area contributed by atoms with Crippen molar-refractivity contribution in [3.05, 3.63) is 21.4 Å². The van der Waals surface area contributed by atoms with Crippen molar-refractivity contribution in [2.24, 2.45) is 0 Å². The SMILES string of the molecule is COc1nccc(C#N)c1I. The van der Waals surface area contributed by atoms with Crippen LogP contribution in [0, 0.1) is 14.9 Å². The molecule has 4 heteroatoms. The molecule has 56 valence electrons. The third-order valence-corrected chi connectivity index (χ3v) is 2.21. The van der Waals surface area contributed by atoms with Crippen LogP contribution in [0.1, 0.15) is 5.56 Å². The second-order valence-corrected chi connectivity index (χ2v) is 2.87. The normalized spacial score (nSPS) is 8.82. The van der Waals surface area contributed by atoms with Crippen molar-refractivity contribution < 1.29 is 4.74 Å². The predicted molar refractivity (Wildman–Crippen MR) is 48.2 cm³/mol. The molecule has 3 nitrogen and oxygen atoms in total. The van der Waals surface area contributed by atoms with Gasteiger partial charge in [-0.05, 0) is 28.7 Å². The summed E-state index contributed by atoms with van der Waals surface area (Å²) in [6.45, 7) is 0. The minimum Gasteiger partial charge on any atom is -0.480 e. The van der Waals surface area contributed by atoms with Crippen LogP contribution in [0.2, 0.25) is 0 Å². The summed E-state index contributed by atoms with van der Waals surface area (Å²) in [6.07, 6.45) is 1.56. The van der Waals surface area contributed by atoms with E-state index in [0.29, 0.717) is 11.4 Å². The zero-order valence-electron chi connectivity index (χ0n) is 5.84. The third kappa shape index (κ3) is 1.60. The van der Waals surface area contributed by atoms with Crippen LogP contribution in [0.5, 0.6) is 5.88 Å². The molecule has 0 spiro atoms. The maximum atomic E-state index is 8.60. The zero-order chi connectivity index (χ0) is 8.27. The molecule has 0 atom stereocenters. The number of aromatic nitrogens is 1. The fourth-order valence-corrected chi connectivity index (χ4v) is 1.31. The van der Waals surface area contributed by atoms with Crippen molar-refractivity contribution >= 4 is 22.6 Å². The van der Waals surface area contributed by atoms with E-state index in [1.165, 1.54) is 7.11 Å². The van der Waals surface area contributed by atoms with Gasteiger partial charge in [0.25, 0.3) is 0 Å².